The predicted octanol–water partition coefficient (Wildman–Crippen LogP) is 2.02. The van der Waals surface area contributed by atoms with Crippen molar-refractivity contribution in [3.05, 3.63) is 58.8 Å². The van der Waals surface area contributed by atoms with Crippen LogP contribution in [-0.2, 0) is 11.3 Å². The molecule has 3 aromatic heterocycles. The van der Waals surface area contributed by atoms with E-state index in [4.69, 9.17) is 4.52 Å². The molecule has 0 aromatic carbocycles. The number of nitrogens with one attached hydrogen (secondary N) is 1. The van der Waals surface area contributed by atoms with E-state index in [1.807, 2.05) is 12.1 Å². The smallest absolute Gasteiger partial charge is 0.266 e. The van der Waals surface area contributed by atoms with Crippen LogP contribution < -0.4 is 10.9 Å². The van der Waals surface area contributed by atoms with Gasteiger partial charge in [-0.3, -0.25) is 19.9 Å². The maximum atomic E-state index is 11.9. The monoisotopic (exact) mass is 339 g/mol. The van der Waals surface area contributed by atoms with Crippen LogP contribution in [0.4, 0.5) is 5.88 Å². The van der Waals surface area contributed by atoms with E-state index in [-0.39, 0.29) is 17.9 Å². The van der Waals surface area contributed by atoms with Crippen molar-refractivity contribution in [2.75, 3.05) is 5.32 Å². The third-order valence-corrected chi connectivity index (χ3v) is 3.49. The summed E-state index contributed by atoms with van der Waals surface area (Å²) in [5, 5.41) is 10.6. The van der Waals surface area contributed by atoms with Crippen LogP contribution >= 0.6 is 0 Å². The molecule has 0 bridgehead atoms. The molecule has 0 spiro atoms. The van der Waals surface area contributed by atoms with Crippen LogP contribution in [0.1, 0.15) is 18.5 Å². The van der Waals surface area contributed by atoms with Crippen LogP contribution in [0.3, 0.4) is 0 Å². The highest BCUT2D eigenvalue weighted by Crippen LogP contribution is 2.13. The summed E-state index contributed by atoms with van der Waals surface area (Å²) >= 11 is 0. The molecule has 8 nitrogen and oxygen atoms in total. The predicted molar refractivity (Wildman–Crippen MR) is 90.8 cm³/mol. The van der Waals surface area contributed by atoms with Gasteiger partial charge in [-0.05, 0) is 31.5 Å². The van der Waals surface area contributed by atoms with Crippen molar-refractivity contribution in [3.8, 4) is 11.3 Å². The second kappa shape index (κ2) is 7.52. The molecule has 25 heavy (non-hydrogen) atoms. The van der Waals surface area contributed by atoms with Gasteiger partial charge >= 0.3 is 0 Å². The number of amides is 1. The van der Waals surface area contributed by atoms with Crippen LogP contribution in [-0.4, -0.2) is 25.8 Å². The first-order valence-corrected chi connectivity index (χ1v) is 7.83. The average molecular weight is 339 g/mol. The molecule has 0 radical (unpaired) electrons. The van der Waals surface area contributed by atoms with Gasteiger partial charge in [0.1, 0.15) is 0 Å². The number of nitrogens with zero attached hydrogens (tertiary/aromatic N) is 4. The molecule has 0 saturated carbocycles. The molecule has 0 aliphatic rings. The van der Waals surface area contributed by atoms with Gasteiger partial charge in [-0.2, -0.15) is 5.10 Å². The minimum atomic E-state index is -0.209. The molecule has 0 aliphatic carbocycles. The van der Waals surface area contributed by atoms with E-state index in [0.29, 0.717) is 30.2 Å². The summed E-state index contributed by atoms with van der Waals surface area (Å²) in [6.07, 6.45) is 4.07. The second-order valence-corrected chi connectivity index (χ2v) is 5.51. The number of rotatable bonds is 6. The van der Waals surface area contributed by atoms with E-state index in [0.717, 1.165) is 5.56 Å². The van der Waals surface area contributed by atoms with E-state index >= 15 is 0 Å². The molecule has 0 aliphatic heterocycles. The number of hydrogen-bond acceptors (Lipinski definition) is 6. The largest absolute Gasteiger partial charge is 0.338 e. The van der Waals surface area contributed by atoms with Gasteiger partial charge in [-0.15, -0.1) is 0 Å². The molecule has 3 rings (SSSR count). The van der Waals surface area contributed by atoms with Crippen molar-refractivity contribution >= 4 is 11.8 Å². The van der Waals surface area contributed by atoms with Crippen LogP contribution in [0.15, 0.2) is 52.0 Å². The topological polar surface area (TPSA) is 103 Å². The van der Waals surface area contributed by atoms with Crippen molar-refractivity contribution in [1.82, 2.24) is 19.9 Å². The lowest BCUT2D eigenvalue weighted by Crippen LogP contribution is -2.23. The van der Waals surface area contributed by atoms with Crippen molar-refractivity contribution in [2.45, 2.75) is 26.3 Å². The quantitative estimate of drug-likeness (QED) is 0.737. The zero-order valence-electron chi connectivity index (χ0n) is 13.7. The van der Waals surface area contributed by atoms with E-state index in [1.165, 1.54) is 10.7 Å². The summed E-state index contributed by atoms with van der Waals surface area (Å²) in [6.45, 7) is 2.11. The Bertz CT molecular complexity index is 917. The molecule has 128 valence electrons. The number of aromatic nitrogens is 4. The fourth-order valence-electron chi connectivity index (χ4n) is 2.29. The zero-order valence-corrected chi connectivity index (χ0v) is 13.7. The third kappa shape index (κ3) is 4.37. The Morgan fingerprint density at radius 3 is 2.92 bits per heavy atom. The van der Waals surface area contributed by atoms with Gasteiger partial charge < -0.3 is 4.52 Å². The van der Waals surface area contributed by atoms with Gasteiger partial charge in [0.25, 0.3) is 5.56 Å². The highest BCUT2D eigenvalue weighted by molar-refractivity contribution is 5.89. The first kappa shape index (κ1) is 16.6. The lowest BCUT2D eigenvalue weighted by Gasteiger charge is -2.07. The second-order valence-electron chi connectivity index (χ2n) is 5.51. The highest BCUT2D eigenvalue weighted by Gasteiger charge is 2.08. The number of anilines is 1. The maximum Gasteiger partial charge on any atom is 0.266 e. The van der Waals surface area contributed by atoms with Crippen molar-refractivity contribution in [1.29, 1.82) is 0 Å². The molecule has 8 heteroatoms. The Hall–Kier alpha value is -3.29. The maximum absolute atomic E-state index is 11.9. The summed E-state index contributed by atoms with van der Waals surface area (Å²) in [4.78, 5) is 27.8. The number of carbonyl (C=O) groups excluding carboxylic acids is 1. The lowest BCUT2D eigenvalue weighted by atomic mass is 10.2. The first-order chi connectivity index (χ1) is 12.1. The van der Waals surface area contributed by atoms with Crippen molar-refractivity contribution in [3.63, 3.8) is 0 Å². The molecule has 0 fully saturated rings. The average Bonchev–Trinajstić information content (AvgIpc) is 3.02. The number of aryl methyl sites for hydroxylation is 2. The lowest BCUT2D eigenvalue weighted by molar-refractivity contribution is -0.116. The molecule has 3 aromatic rings. The fourth-order valence-corrected chi connectivity index (χ4v) is 2.29. The van der Waals surface area contributed by atoms with Gasteiger partial charge in [-0.1, -0.05) is 5.16 Å². The van der Waals surface area contributed by atoms with Crippen molar-refractivity contribution in [2.24, 2.45) is 0 Å². The van der Waals surface area contributed by atoms with Gasteiger partial charge in [0, 0.05) is 43.1 Å². The SMILES string of the molecule is Cc1cc(NC(=O)CCCn2nc(-c3cccnc3)ccc2=O)on1. The van der Waals surface area contributed by atoms with Gasteiger partial charge in [-0.25, -0.2) is 4.68 Å². The minimum Gasteiger partial charge on any atom is -0.338 e. The summed E-state index contributed by atoms with van der Waals surface area (Å²) in [6, 6.07) is 8.45. The molecule has 0 unspecified atom stereocenters. The molecule has 3 heterocycles. The molecule has 0 atom stereocenters. The summed E-state index contributed by atoms with van der Waals surface area (Å²) < 4.78 is 6.28. The standard InChI is InChI=1S/C17H17N5O3/c1-12-10-16(25-21-12)19-15(23)5-3-9-22-17(24)7-6-14(20-22)13-4-2-8-18-11-13/h2,4,6-8,10-11H,3,5,9H2,1H3,(H,19,23). The van der Waals surface area contributed by atoms with Crippen LogP contribution in [0.5, 0.6) is 0 Å². The fraction of sp³-hybridized carbons (Fsp3) is 0.235. The van der Waals surface area contributed by atoms with E-state index in [1.54, 1.807) is 31.5 Å². The Kier molecular flexibility index (Phi) is 4.98. The van der Waals surface area contributed by atoms with Gasteiger partial charge in [0.05, 0.1) is 11.4 Å². The van der Waals surface area contributed by atoms with Crippen molar-refractivity contribution < 1.29 is 9.32 Å². The van der Waals surface area contributed by atoms with E-state index in [2.05, 4.69) is 20.6 Å². The molecular formula is C17H17N5O3. The Morgan fingerprint density at radius 2 is 2.20 bits per heavy atom. The molecular weight excluding hydrogens is 322 g/mol. The molecule has 1 amide bonds. The zero-order chi connectivity index (χ0) is 17.6. The Morgan fingerprint density at radius 1 is 1.32 bits per heavy atom. The van der Waals surface area contributed by atoms with Gasteiger partial charge in [0.15, 0.2) is 0 Å². The Labute approximate surface area is 143 Å². The van der Waals surface area contributed by atoms with E-state index in [9.17, 15) is 9.59 Å². The number of pyridine rings is 1. The van der Waals surface area contributed by atoms with Crippen LogP contribution in [0, 0.1) is 6.92 Å². The number of hydrogen-bond donors (Lipinski definition) is 1. The Balaban J connectivity index is 1.59. The van der Waals surface area contributed by atoms with E-state index < -0.39 is 0 Å². The normalized spacial score (nSPS) is 10.6. The van der Waals surface area contributed by atoms with Crippen LogP contribution in [0.2, 0.25) is 0 Å². The van der Waals surface area contributed by atoms with Gasteiger partial charge in [0.2, 0.25) is 11.8 Å². The minimum absolute atomic E-state index is 0.201. The first-order valence-electron chi connectivity index (χ1n) is 7.83. The summed E-state index contributed by atoms with van der Waals surface area (Å²) in [7, 11) is 0. The number of carbonyl (C=O) groups is 1. The summed E-state index contributed by atoms with van der Waals surface area (Å²) in [5.41, 5.74) is 1.97. The highest BCUT2D eigenvalue weighted by atomic mass is 16.5. The van der Waals surface area contributed by atoms with Crippen LogP contribution in [0.25, 0.3) is 11.3 Å². The summed E-state index contributed by atoms with van der Waals surface area (Å²) in [5.74, 6) is 0.115. The third-order valence-electron chi connectivity index (χ3n) is 3.49. The molecule has 1 N–H and O–H groups in total. The molecule has 0 saturated heterocycles.